The number of ether oxygens (including phenoxy) is 1. The predicted molar refractivity (Wildman–Crippen MR) is 124 cm³/mol. The van der Waals surface area contributed by atoms with Crippen molar-refractivity contribution in [2.24, 2.45) is 11.8 Å². The van der Waals surface area contributed by atoms with Crippen molar-refractivity contribution in [3.8, 4) is 28.1 Å². The van der Waals surface area contributed by atoms with Gasteiger partial charge in [0, 0.05) is 18.0 Å². The van der Waals surface area contributed by atoms with E-state index >= 15 is 0 Å². The molecule has 1 aromatic heterocycles. The van der Waals surface area contributed by atoms with Crippen molar-refractivity contribution < 1.29 is 9.53 Å². The number of carbonyl (C=O) groups is 1. The van der Waals surface area contributed by atoms with Gasteiger partial charge in [-0.2, -0.15) is 0 Å². The maximum absolute atomic E-state index is 12.2. The van der Waals surface area contributed by atoms with Crippen LogP contribution >= 0.6 is 0 Å². The van der Waals surface area contributed by atoms with Gasteiger partial charge in [-0.1, -0.05) is 41.6 Å². The molecule has 1 heterocycles. The third-order valence-corrected chi connectivity index (χ3v) is 6.60. The van der Waals surface area contributed by atoms with Gasteiger partial charge in [0.15, 0.2) is 0 Å². The maximum atomic E-state index is 12.2. The first-order chi connectivity index (χ1) is 15.7. The summed E-state index contributed by atoms with van der Waals surface area (Å²) in [5, 5.41) is 11.5. The van der Waals surface area contributed by atoms with E-state index in [0.717, 1.165) is 48.8 Å². The van der Waals surface area contributed by atoms with Crippen molar-refractivity contribution >= 4 is 5.91 Å². The summed E-state index contributed by atoms with van der Waals surface area (Å²) in [5.74, 6) is 1.92. The van der Waals surface area contributed by atoms with Crippen LogP contribution in [0.2, 0.25) is 0 Å². The van der Waals surface area contributed by atoms with Gasteiger partial charge in [-0.15, -0.1) is 5.10 Å². The Balaban J connectivity index is 1.27. The number of benzene rings is 2. The van der Waals surface area contributed by atoms with Gasteiger partial charge in [-0.3, -0.25) is 4.79 Å². The highest BCUT2D eigenvalue weighted by Crippen LogP contribution is 2.37. The second-order valence-electron chi connectivity index (χ2n) is 8.98. The topological polar surface area (TPSA) is 69.0 Å². The molecule has 0 bridgehead atoms. The minimum absolute atomic E-state index is 0.0654. The Hall–Kier alpha value is -3.15. The lowest BCUT2D eigenvalue weighted by Gasteiger charge is -2.14. The lowest BCUT2D eigenvalue weighted by molar-refractivity contribution is -0.124. The van der Waals surface area contributed by atoms with E-state index in [2.05, 4.69) is 64.2 Å². The molecule has 2 fully saturated rings. The summed E-state index contributed by atoms with van der Waals surface area (Å²) >= 11 is 0. The molecule has 0 radical (unpaired) electrons. The number of aromatic nitrogens is 3. The first-order valence-electron chi connectivity index (χ1n) is 11.7. The molecule has 2 saturated carbocycles. The Labute approximate surface area is 189 Å². The number of carbonyl (C=O) groups excluding carboxylic acids is 1. The second-order valence-corrected chi connectivity index (χ2v) is 8.98. The zero-order valence-corrected chi connectivity index (χ0v) is 18.5. The fourth-order valence-electron chi connectivity index (χ4n) is 4.53. The van der Waals surface area contributed by atoms with Crippen LogP contribution in [0.25, 0.3) is 22.4 Å². The molecule has 2 atom stereocenters. The summed E-state index contributed by atoms with van der Waals surface area (Å²) in [7, 11) is 0. The van der Waals surface area contributed by atoms with Crippen LogP contribution in [0.4, 0.5) is 0 Å². The Morgan fingerprint density at radius 3 is 2.38 bits per heavy atom. The fourth-order valence-corrected chi connectivity index (χ4v) is 4.53. The largest absolute Gasteiger partial charge is 0.493 e. The van der Waals surface area contributed by atoms with Gasteiger partial charge in [0.2, 0.25) is 5.91 Å². The SMILES string of the molecule is CCNC(=O)C1CCC(n2nncc2-c2ccc(-c3ccc(OCC4CC4)cc3)cc2)C1. The molecular formula is C26H30N4O2. The number of hydrogen-bond acceptors (Lipinski definition) is 4. The Morgan fingerprint density at radius 1 is 1.00 bits per heavy atom. The summed E-state index contributed by atoms with van der Waals surface area (Å²) < 4.78 is 7.85. The van der Waals surface area contributed by atoms with Crippen LogP contribution in [0.1, 0.15) is 45.1 Å². The van der Waals surface area contributed by atoms with E-state index in [1.54, 1.807) is 0 Å². The zero-order chi connectivity index (χ0) is 21.9. The molecule has 0 spiro atoms. The number of nitrogens with one attached hydrogen (secondary N) is 1. The summed E-state index contributed by atoms with van der Waals surface area (Å²) in [6.45, 7) is 3.47. The predicted octanol–water partition coefficient (Wildman–Crippen LogP) is 4.88. The third-order valence-electron chi connectivity index (χ3n) is 6.60. The molecule has 6 nitrogen and oxygen atoms in total. The van der Waals surface area contributed by atoms with Crippen LogP contribution < -0.4 is 10.1 Å². The number of hydrogen-bond donors (Lipinski definition) is 1. The molecule has 2 aliphatic rings. The molecule has 166 valence electrons. The molecule has 1 N–H and O–H groups in total. The van der Waals surface area contributed by atoms with Crippen molar-refractivity contribution in [3.63, 3.8) is 0 Å². The molecule has 2 aliphatic carbocycles. The van der Waals surface area contributed by atoms with Gasteiger partial charge in [-0.25, -0.2) is 4.68 Å². The van der Waals surface area contributed by atoms with Crippen LogP contribution in [0.3, 0.4) is 0 Å². The first-order valence-corrected chi connectivity index (χ1v) is 11.7. The van der Waals surface area contributed by atoms with E-state index in [1.807, 2.05) is 17.8 Å². The van der Waals surface area contributed by atoms with Crippen LogP contribution in [0, 0.1) is 11.8 Å². The smallest absolute Gasteiger partial charge is 0.223 e. The van der Waals surface area contributed by atoms with E-state index in [1.165, 1.54) is 24.0 Å². The van der Waals surface area contributed by atoms with Crippen LogP contribution in [-0.2, 0) is 4.79 Å². The Morgan fingerprint density at radius 2 is 1.69 bits per heavy atom. The second kappa shape index (κ2) is 9.15. The molecule has 3 aromatic rings. The molecule has 6 heteroatoms. The molecule has 0 aliphatic heterocycles. The van der Waals surface area contributed by atoms with Gasteiger partial charge in [0.25, 0.3) is 0 Å². The number of nitrogens with zero attached hydrogens (tertiary/aromatic N) is 3. The monoisotopic (exact) mass is 430 g/mol. The Bertz CT molecular complexity index is 1050. The summed E-state index contributed by atoms with van der Waals surface area (Å²) in [6, 6.07) is 17.1. The lowest BCUT2D eigenvalue weighted by atomic mass is 10.0. The molecular weight excluding hydrogens is 400 g/mol. The van der Waals surface area contributed by atoms with E-state index < -0.39 is 0 Å². The highest BCUT2D eigenvalue weighted by atomic mass is 16.5. The van der Waals surface area contributed by atoms with Gasteiger partial charge >= 0.3 is 0 Å². The summed E-state index contributed by atoms with van der Waals surface area (Å²) in [5.41, 5.74) is 4.42. The number of amides is 1. The normalized spacial score (nSPS) is 20.3. The average molecular weight is 431 g/mol. The third kappa shape index (κ3) is 4.54. The highest BCUT2D eigenvalue weighted by molar-refractivity contribution is 5.79. The van der Waals surface area contributed by atoms with E-state index in [4.69, 9.17) is 4.74 Å². The quantitative estimate of drug-likeness (QED) is 0.553. The Kier molecular flexibility index (Phi) is 5.93. The first kappa shape index (κ1) is 20.7. The van der Waals surface area contributed by atoms with Crippen molar-refractivity contribution in [1.29, 1.82) is 0 Å². The molecule has 0 saturated heterocycles. The van der Waals surface area contributed by atoms with E-state index in [9.17, 15) is 4.79 Å². The van der Waals surface area contributed by atoms with Crippen molar-refractivity contribution in [3.05, 3.63) is 54.7 Å². The molecule has 2 unspecified atom stereocenters. The highest BCUT2D eigenvalue weighted by Gasteiger charge is 2.32. The van der Waals surface area contributed by atoms with Crippen molar-refractivity contribution in [1.82, 2.24) is 20.3 Å². The molecule has 2 aromatic carbocycles. The average Bonchev–Trinajstić information content (AvgIpc) is 3.31. The van der Waals surface area contributed by atoms with Gasteiger partial charge < -0.3 is 10.1 Å². The standard InChI is InChI=1S/C26H30N4O2/c1-2-27-26(31)22-9-12-23(15-22)30-25(16-28-29-30)21-7-5-19(6-8-21)20-10-13-24(14-11-20)32-17-18-3-4-18/h5-8,10-11,13-14,16,18,22-23H,2-4,9,12,15,17H2,1H3,(H,27,31). The van der Waals surface area contributed by atoms with E-state index in [0.29, 0.717) is 6.54 Å². The van der Waals surface area contributed by atoms with Crippen LogP contribution in [0.5, 0.6) is 5.75 Å². The zero-order valence-electron chi connectivity index (χ0n) is 18.5. The fraction of sp³-hybridized carbons (Fsp3) is 0.423. The summed E-state index contributed by atoms with van der Waals surface area (Å²) in [6.07, 6.45) is 7.08. The lowest BCUT2D eigenvalue weighted by Crippen LogP contribution is -2.29. The number of rotatable bonds is 8. The molecule has 32 heavy (non-hydrogen) atoms. The van der Waals surface area contributed by atoms with Crippen LogP contribution in [-0.4, -0.2) is 34.1 Å². The van der Waals surface area contributed by atoms with Crippen molar-refractivity contribution in [2.75, 3.05) is 13.2 Å². The van der Waals surface area contributed by atoms with Gasteiger partial charge in [0.1, 0.15) is 5.75 Å². The summed E-state index contributed by atoms with van der Waals surface area (Å²) in [4.78, 5) is 12.2. The van der Waals surface area contributed by atoms with Gasteiger partial charge in [0.05, 0.1) is 24.5 Å². The molecule has 1 amide bonds. The van der Waals surface area contributed by atoms with Crippen LogP contribution in [0.15, 0.2) is 54.7 Å². The van der Waals surface area contributed by atoms with E-state index in [-0.39, 0.29) is 17.9 Å². The van der Waals surface area contributed by atoms with Gasteiger partial charge in [-0.05, 0) is 68.2 Å². The minimum Gasteiger partial charge on any atom is -0.493 e. The molecule has 5 rings (SSSR count). The van der Waals surface area contributed by atoms with Crippen molar-refractivity contribution in [2.45, 2.75) is 45.1 Å². The minimum atomic E-state index is 0.0654. The maximum Gasteiger partial charge on any atom is 0.223 e.